The van der Waals surface area contributed by atoms with Gasteiger partial charge >= 0.3 is 0 Å². The predicted octanol–water partition coefficient (Wildman–Crippen LogP) is 2.26. The van der Waals surface area contributed by atoms with Gasteiger partial charge in [-0.3, -0.25) is 4.79 Å². The molecular weight excluding hydrogens is 230 g/mol. The lowest BCUT2D eigenvalue weighted by Gasteiger charge is -2.34. The average molecular weight is 249 g/mol. The number of carbonyl (C=O) groups is 1. The number of benzene rings is 1. The highest BCUT2D eigenvalue weighted by Crippen LogP contribution is 2.33. The number of ether oxygens (including phenoxy) is 2. The molecule has 0 aromatic heterocycles. The van der Waals surface area contributed by atoms with Crippen LogP contribution in [-0.4, -0.2) is 18.6 Å². The van der Waals surface area contributed by atoms with Crippen molar-refractivity contribution in [3.63, 3.8) is 0 Å². The van der Waals surface area contributed by atoms with Gasteiger partial charge in [0.25, 0.3) is 5.91 Å². The fraction of sp³-hybridized carbons (Fsp3) is 0.500. The number of nitrogens with two attached hydrogens (primary N) is 1. The Hall–Kier alpha value is -1.71. The van der Waals surface area contributed by atoms with Crippen molar-refractivity contribution in [2.75, 3.05) is 7.11 Å². The summed E-state index contributed by atoms with van der Waals surface area (Å²) in [7, 11) is 1.60. The first-order valence-corrected chi connectivity index (χ1v) is 6.29. The monoisotopic (exact) mass is 249 g/mol. The summed E-state index contributed by atoms with van der Waals surface area (Å²) >= 11 is 0. The van der Waals surface area contributed by atoms with Crippen LogP contribution in [0.25, 0.3) is 0 Å². The third-order valence-corrected chi connectivity index (χ3v) is 3.46. The molecule has 18 heavy (non-hydrogen) atoms. The van der Waals surface area contributed by atoms with Crippen LogP contribution >= 0.6 is 0 Å². The molecule has 1 aliphatic rings. The molecule has 98 valence electrons. The highest BCUT2D eigenvalue weighted by molar-refractivity contribution is 5.84. The fourth-order valence-corrected chi connectivity index (χ4v) is 2.41. The van der Waals surface area contributed by atoms with E-state index >= 15 is 0 Å². The minimum Gasteiger partial charge on any atom is -0.497 e. The van der Waals surface area contributed by atoms with E-state index in [1.165, 1.54) is 0 Å². The molecule has 1 fully saturated rings. The van der Waals surface area contributed by atoms with Crippen LogP contribution in [0.15, 0.2) is 24.3 Å². The van der Waals surface area contributed by atoms with E-state index in [1.807, 2.05) is 18.2 Å². The van der Waals surface area contributed by atoms with Gasteiger partial charge in [0.2, 0.25) is 0 Å². The molecule has 2 N–H and O–H groups in total. The summed E-state index contributed by atoms with van der Waals surface area (Å²) < 4.78 is 11.0. The Morgan fingerprint density at radius 3 is 2.50 bits per heavy atom. The van der Waals surface area contributed by atoms with Crippen molar-refractivity contribution in [2.45, 2.75) is 37.7 Å². The van der Waals surface area contributed by atoms with Crippen LogP contribution < -0.4 is 15.2 Å². The topological polar surface area (TPSA) is 61.6 Å². The Bertz CT molecular complexity index is 425. The zero-order chi connectivity index (χ0) is 13.0. The van der Waals surface area contributed by atoms with Gasteiger partial charge in [-0.2, -0.15) is 0 Å². The number of rotatable bonds is 4. The van der Waals surface area contributed by atoms with Crippen LogP contribution in [-0.2, 0) is 4.79 Å². The van der Waals surface area contributed by atoms with Gasteiger partial charge in [-0.05, 0) is 37.8 Å². The van der Waals surface area contributed by atoms with Gasteiger partial charge in [0, 0.05) is 6.07 Å². The summed E-state index contributed by atoms with van der Waals surface area (Å²) in [6, 6.07) is 7.28. The first-order chi connectivity index (χ1) is 8.66. The summed E-state index contributed by atoms with van der Waals surface area (Å²) in [5.41, 5.74) is 4.68. The first-order valence-electron chi connectivity index (χ1n) is 6.29. The molecule has 0 radical (unpaired) electrons. The number of primary amides is 1. The van der Waals surface area contributed by atoms with Gasteiger partial charge in [-0.25, -0.2) is 0 Å². The number of methoxy groups -OCH3 is 1. The van der Waals surface area contributed by atoms with E-state index in [4.69, 9.17) is 15.2 Å². The SMILES string of the molecule is COc1cccc(OC2(C(N)=O)CCCCC2)c1. The standard InChI is InChI=1S/C14H19NO3/c1-17-11-6-5-7-12(10-11)18-14(13(15)16)8-3-2-4-9-14/h5-7,10H,2-4,8-9H2,1H3,(H2,15,16). The van der Waals surface area contributed by atoms with Gasteiger partial charge < -0.3 is 15.2 Å². The first kappa shape index (κ1) is 12.7. The Labute approximate surface area is 107 Å². The number of hydrogen-bond donors (Lipinski definition) is 1. The summed E-state index contributed by atoms with van der Waals surface area (Å²) in [5.74, 6) is 0.975. The Morgan fingerprint density at radius 1 is 1.22 bits per heavy atom. The third kappa shape index (κ3) is 2.58. The molecule has 1 aromatic carbocycles. The van der Waals surface area contributed by atoms with Gasteiger partial charge in [0.05, 0.1) is 7.11 Å². The molecule has 0 unspecified atom stereocenters. The summed E-state index contributed by atoms with van der Waals surface area (Å²) in [6.45, 7) is 0. The number of carbonyl (C=O) groups excluding carboxylic acids is 1. The summed E-state index contributed by atoms with van der Waals surface area (Å²) in [6.07, 6.45) is 4.48. The fourth-order valence-electron chi connectivity index (χ4n) is 2.41. The zero-order valence-corrected chi connectivity index (χ0v) is 10.6. The molecule has 4 heteroatoms. The van der Waals surface area contributed by atoms with Crippen molar-refractivity contribution in [3.05, 3.63) is 24.3 Å². The van der Waals surface area contributed by atoms with Crippen molar-refractivity contribution in [1.82, 2.24) is 0 Å². The van der Waals surface area contributed by atoms with E-state index in [2.05, 4.69) is 0 Å². The van der Waals surface area contributed by atoms with E-state index in [0.29, 0.717) is 24.3 Å². The van der Waals surface area contributed by atoms with Gasteiger partial charge in [-0.1, -0.05) is 12.5 Å². The molecule has 0 bridgehead atoms. The van der Waals surface area contributed by atoms with Crippen LogP contribution in [0.2, 0.25) is 0 Å². The second-order valence-electron chi connectivity index (χ2n) is 4.70. The molecule has 1 amide bonds. The highest BCUT2D eigenvalue weighted by atomic mass is 16.5. The lowest BCUT2D eigenvalue weighted by atomic mass is 9.84. The maximum Gasteiger partial charge on any atom is 0.261 e. The van der Waals surface area contributed by atoms with E-state index in [-0.39, 0.29) is 5.91 Å². The lowest BCUT2D eigenvalue weighted by molar-refractivity contribution is -0.136. The zero-order valence-electron chi connectivity index (χ0n) is 10.6. The highest BCUT2D eigenvalue weighted by Gasteiger charge is 2.40. The molecule has 0 spiro atoms. The second kappa shape index (κ2) is 5.29. The normalized spacial score (nSPS) is 18.1. The summed E-state index contributed by atoms with van der Waals surface area (Å²) in [5, 5.41) is 0. The molecular formula is C14H19NO3. The Morgan fingerprint density at radius 2 is 1.89 bits per heavy atom. The van der Waals surface area contributed by atoms with E-state index in [9.17, 15) is 4.79 Å². The smallest absolute Gasteiger partial charge is 0.261 e. The van der Waals surface area contributed by atoms with E-state index in [1.54, 1.807) is 13.2 Å². The quantitative estimate of drug-likeness (QED) is 0.890. The largest absolute Gasteiger partial charge is 0.497 e. The van der Waals surface area contributed by atoms with E-state index < -0.39 is 5.60 Å². The molecule has 1 saturated carbocycles. The van der Waals surface area contributed by atoms with Crippen molar-refractivity contribution >= 4 is 5.91 Å². The second-order valence-corrected chi connectivity index (χ2v) is 4.70. The van der Waals surface area contributed by atoms with Gasteiger partial charge in [0.1, 0.15) is 11.5 Å². The number of amides is 1. The minimum atomic E-state index is -0.843. The lowest BCUT2D eigenvalue weighted by Crippen LogP contribution is -2.50. The molecule has 1 aliphatic carbocycles. The molecule has 4 nitrogen and oxygen atoms in total. The van der Waals surface area contributed by atoms with Crippen LogP contribution in [0, 0.1) is 0 Å². The Balaban J connectivity index is 2.20. The minimum absolute atomic E-state index is 0.370. The predicted molar refractivity (Wildman–Crippen MR) is 68.6 cm³/mol. The molecule has 2 rings (SSSR count). The van der Waals surface area contributed by atoms with Crippen molar-refractivity contribution in [1.29, 1.82) is 0 Å². The molecule has 0 saturated heterocycles. The van der Waals surface area contributed by atoms with Crippen LogP contribution in [0.5, 0.6) is 11.5 Å². The van der Waals surface area contributed by atoms with Crippen LogP contribution in [0.3, 0.4) is 0 Å². The maximum atomic E-state index is 11.7. The number of hydrogen-bond acceptors (Lipinski definition) is 3. The van der Waals surface area contributed by atoms with Crippen LogP contribution in [0.1, 0.15) is 32.1 Å². The van der Waals surface area contributed by atoms with E-state index in [0.717, 1.165) is 19.3 Å². The molecule has 0 aliphatic heterocycles. The average Bonchev–Trinajstić information content (AvgIpc) is 2.40. The van der Waals surface area contributed by atoms with Crippen molar-refractivity contribution < 1.29 is 14.3 Å². The molecule has 0 heterocycles. The molecule has 1 aromatic rings. The van der Waals surface area contributed by atoms with Crippen LogP contribution in [0.4, 0.5) is 0 Å². The third-order valence-electron chi connectivity index (χ3n) is 3.46. The Kier molecular flexibility index (Phi) is 3.75. The molecule has 0 atom stereocenters. The van der Waals surface area contributed by atoms with Crippen molar-refractivity contribution in [2.24, 2.45) is 5.73 Å². The van der Waals surface area contributed by atoms with Crippen molar-refractivity contribution in [3.8, 4) is 11.5 Å². The maximum absolute atomic E-state index is 11.7. The van der Waals surface area contributed by atoms with Gasteiger partial charge in [0.15, 0.2) is 5.60 Å². The van der Waals surface area contributed by atoms with Gasteiger partial charge in [-0.15, -0.1) is 0 Å². The summed E-state index contributed by atoms with van der Waals surface area (Å²) in [4.78, 5) is 11.7.